The van der Waals surface area contributed by atoms with Crippen molar-refractivity contribution in [2.75, 3.05) is 35.8 Å². The van der Waals surface area contributed by atoms with E-state index in [-0.39, 0.29) is 12.1 Å². The van der Waals surface area contributed by atoms with Gasteiger partial charge in [-0.05, 0) is 38.7 Å². The number of nitrogens with zero attached hydrogens (tertiary/aromatic N) is 7. The summed E-state index contributed by atoms with van der Waals surface area (Å²) in [4.78, 5) is 44.6. The van der Waals surface area contributed by atoms with E-state index < -0.39 is 17.5 Å². The molecule has 1 unspecified atom stereocenters. The lowest BCUT2D eigenvalue weighted by atomic mass is 10.0. The van der Waals surface area contributed by atoms with Crippen LogP contribution in [0.15, 0.2) is 30.3 Å². The maximum absolute atomic E-state index is 13.4. The number of primary amides is 1. The molecule has 1 aliphatic carbocycles. The molecule has 1 saturated heterocycles. The highest BCUT2D eigenvalue weighted by molar-refractivity contribution is 5.83. The van der Waals surface area contributed by atoms with Crippen LogP contribution in [0.25, 0.3) is 0 Å². The molecule has 0 spiro atoms. The zero-order valence-corrected chi connectivity index (χ0v) is 23.2. The number of nitrogens with one attached hydrogen (secondary N) is 3. The predicted molar refractivity (Wildman–Crippen MR) is 150 cm³/mol. The molecule has 2 aromatic heterocycles. The number of benzene rings is 1. The number of fused-ring (bicyclic) bond motifs is 1. The van der Waals surface area contributed by atoms with Crippen LogP contribution in [-0.2, 0) is 16.9 Å². The Bertz CT molecular complexity index is 1440. The molecule has 3 aliphatic rings. The molecule has 5 N–H and O–H groups in total. The summed E-state index contributed by atoms with van der Waals surface area (Å²) >= 11 is 0. The SMILES string of the molecule is CN(C)c1nc(Nc2n[nH]c3c2CN(C(=O)NC2C[C@@H]2c2ccccc2)C3(C)C)nc(N2CCC[C@H]2C(N)=O)n1. The van der Waals surface area contributed by atoms with Crippen molar-refractivity contribution in [3.05, 3.63) is 47.2 Å². The third kappa shape index (κ3) is 4.54. The van der Waals surface area contributed by atoms with E-state index in [1.807, 2.05) is 55.9 Å². The number of H-pyrrole nitrogens is 1. The maximum atomic E-state index is 13.4. The maximum Gasteiger partial charge on any atom is 0.318 e. The number of aromatic amines is 1. The second kappa shape index (κ2) is 9.65. The van der Waals surface area contributed by atoms with E-state index in [1.54, 1.807) is 4.90 Å². The van der Waals surface area contributed by atoms with Crippen molar-refractivity contribution >= 4 is 35.6 Å². The molecular formula is C27H35N11O2. The van der Waals surface area contributed by atoms with Crippen molar-refractivity contribution in [3.63, 3.8) is 0 Å². The first-order valence-corrected chi connectivity index (χ1v) is 13.6. The number of hydrogen-bond acceptors (Lipinski definition) is 9. The largest absolute Gasteiger partial charge is 0.368 e. The van der Waals surface area contributed by atoms with Crippen molar-refractivity contribution in [2.24, 2.45) is 5.73 Å². The van der Waals surface area contributed by atoms with Gasteiger partial charge in [-0.3, -0.25) is 9.89 Å². The average Bonchev–Trinajstić information content (AvgIpc) is 3.24. The van der Waals surface area contributed by atoms with Crippen LogP contribution in [0.5, 0.6) is 0 Å². The van der Waals surface area contributed by atoms with Crippen LogP contribution in [0.3, 0.4) is 0 Å². The topological polar surface area (TPSA) is 161 Å². The van der Waals surface area contributed by atoms with Gasteiger partial charge in [-0.15, -0.1) is 0 Å². The number of anilines is 4. The summed E-state index contributed by atoms with van der Waals surface area (Å²) in [6.07, 6.45) is 2.42. The van der Waals surface area contributed by atoms with Crippen LogP contribution in [0.1, 0.15) is 55.8 Å². The molecule has 40 heavy (non-hydrogen) atoms. The minimum atomic E-state index is -0.590. The molecule has 13 nitrogen and oxygen atoms in total. The van der Waals surface area contributed by atoms with Crippen LogP contribution >= 0.6 is 0 Å². The predicted octanol–water partition coefficient (Wildman–Crippen LogP) is 2.17. The third-order valence-corrected chi connectivity index (χ3v) is 8.12. The highest BCUT2D eigenvalue weighted by Crippen LogP contribution is 2.43. The number of carbonyl (C=O) groups is 2. The molecule has 210 valence electrons. The molecule has 3 atom stereocenters. The van der Waals surface area contributed by atoms with E-state index in [4.69, 9.17) is 5.73 Å². The normalized spacial score (nSPS) is 22.6. The summed E-state index contributed by atoms with van der Waals surface area (Å²) in [5.41, 5.74) is 8.03. The second-order valence-corrected chi connectivity index (χ2v) is 11.4. The Kier molecular flexibility index (Phi) is 6.23. The molecule has 3 amide bonds. The molecule has 2 aliphatic heterocycles. The highest BCUT2D eigenvalue weighted by atomic mass is 16.2. The Balaban J connectivity index is 1.21. The molecule has 4 heterocycles. The van der Waals surface area contributed by atoms with Crippen LogP contribution in [0, 0.1) is 0 Å². The van der Waals surface area contributed by atoms with Gasteiger partial charge in [0.25, 0.3) is 0 Å². The lowest BCUT2D eigenvalue weighted by molar-refractivity contribution is -0.119. The molecule has 0 radical (unpaired) electrons. The summed E-state index contributed by atoms with van der Waals surface area (Å²) in [7, 11) is 3.68. The number of aromatic nitrogens is 5. The zero-order valence-electron chi connectivity index (χ0n) is 23.2. The molecule has 2 fully saturated rings. The monoisotopic (exact) mass is 545 g/mol. The standard InChI is InChI=1S/C27H35N11O2/c1-27(2)20-17(14-38(27)26(40)29-18-13-16(18)15-9-6-5-7-10-15)22(35-34-20)30-23-31-24(36(3)4)33-25(32-23)37-12-8-11-19(37)21(28)39/h5-7,9-10,16,18-19H,8,11-14H2,1-4H3,(H2,28,39)(H,29,40)(H2,30,31,32,33,34,35)/t16-,18?,19+/m1/s1. The number of urea groups is 1. The molecule has 0 bridgehead atoms. The van der Waals surface area contributed by atoms with Crippen molar-refractivity contribution in [1.29, 1.82) is 0 Å². The van der Waals surface area contributed by atoms with Crippen molar-refractivity contribution in [2.45, 2.75) is 63.2 Å². The Morgan fingerprint density at radius 3 is 2.65 bits per heavy atom. The zero-order chi connectivity index (χ0) is 28.2. The van der Waals surface area contributed by atoms with Crippen LogP contribution in [0.2, 0.25) is 0 Å². The van der Waals surface area contributed by atoms with Crippen LogP contribution in [0.4, 0.5) is 28.5 Å². The molecule has 6 rings (SSSR count). The molecular weight excluding hydrogens is 510 g/mol. The van der Waals surface area contributed by atoms with Gasteiger partial charge in [-0.2, -0.15) is 20.1 Å². The molecule has 13 heteroatoms. The van der Waals surface area contributed by atoms with Gasteiger partial charge in [-0.25, -0.2) is 4.79 Å². The Hall–Kier alpha value is -4.42. The number of carbonyl (C=O) groups excluding carboxylic acids is 2. The fourth-order valence-electron chi connectivity index (χ4n) is 5.75. The first-order valence-electron chi connectivity index (χ1n) is 13.6. The van der Waals surface area contributed by atoms with Gasteiger partial charge in [0.15, 0.2) is 5.82 Å². The smallest absolute Gasteiger partial charge is 0.318 e. The van der Waals surface area contributed by atoms with E-state index >= 15 is 0 Å². The van der Waals surface area contributed by atoms with E-state index in [0.717, 1.165) is 24.1 Å². The second-order valence-electron chi connectivity index (χ2n) is 11.4. The van der Waals surface area contributed by atoms with Gasteiger partial charge >= 0.3 is 6.03 Å². The molecule has 1 saturated carbocycles. The van der Waals surface area contributed by atoms with E-state index in [2.05, 4.69) is 47.9 Å². The van der Waals surface area contributed by atoms with Crippen LogP contribution in [-0.4, -0.2) is 74.7 Å². The van der Waals surface area contributed by atoms with E-state index in [0.29, 0.717) is 49.1 Å². The highest BCUT2D eigenvalue weighted by Gasteiger charge is 2.47. The van der Waals surface area contributed by atoms with E-state index in [1.165, 1.54) is 5.56 Å². The summed E-state index contributed by atoms with van der Waals surface area (Å²) in [6, 6.07) is 9.85. The lowest BCUT2D eigenvalue weighted by Gasteiger charge is -2.32. The van der Waals surface area contributed by atoms with Gasteiger partial charge in [-0.1, -0.05) is 30.3 Å². The summed E-state index contributed by atoms with van der Waals surface area (Å²) < 4.78 is 0. The first kappa shape index (κ1) is 25.8. The molecule has 1 aromatic carbocycles. The quantitative estimate of drug-likeness (QED) is 0.349. The number of nitrogens with two attached hydrogens (primary N) is 1. The molecule has 3 aromatic rings. The number of amides is 3. The summed E-state index contributed by atoms with van der Waals surface area (Å²) in [5, 5.41) is 14.1. The van der Waals surface area contributed by atoms with Crippen molar-refractivity contribution in [3.8, 4) is 0 Å². The number of hydrogen-bond donors (Lipinski definition) is 4. The van der Waals surface area contributed by atoms with Gasteiger partial charge in [0, 0.05) is 38.2 Å². The fraction of sp³-hybridized carbons (Fsp3) is 0.481. The van der Waals surface area contributed by atoms with Gasteiger partial charge in [0.1, 0.15) is 6.04 Å². The third-order valence-electron chi connectivity index (χ3n) is 8.12. The van der Waals surface area contributed by atoms with Gasteiger partial charge in [0.05, 0.1) is 17.8 Å². The van der Waals surface area contributed by atoms with Gasteiger partial charge < -0.3 is 31.1 Å². The Morgan fingerprint density at radius 2 is 1.93 bits per heavy atom. The lowest BCUT2D eigenvalue weighted by Crippen LogP contribution is -2.47. The van der Waals surface area contributed by atoms with Crippen molar-refractivity contribution < 1.29 is 9.59 Å². The number of rotatable bonds is 7. The Morgan fingerprint density at radius 1 is 1.15 bits per heavy atom. The fourth-order valence-corrected chi connectivity index (χ4v) is 5.75. The summed E-state index contributed by atoms with van der Waals surface area (Å²) in [6.45, 7) is 5.02. The minimum Gasteiger partial charge on any atom is -0.368 e. The van der Waals surface area contributed by atoms with Gasteiger partial charge in [0.2, 0.25) is 23.8 Å². The first-order chi connectivity index (χ1) is 19.1. The van der Waals surface area contributed by atoms with Crippen molar-refractivity contribution in [1.82, 2.24) is 35.4 Å². The average molecular weight is 546 g/mol. The Labute approximate surface area is 232 Å². The summed E-state index contributed by atoms with van der Waals surface area (Å²) in [5.74, 6) is 1.61. The minimum absolute atomic E-state index is 0.104. The van der Waals surface area contributed by atoms with E-state index in [9.17, 15) is 9.59 Å². The van der Waals surface area contributed by atoms with Crippen LogP contribution < -0.4 is 26.2 Å².